The minimum Gasteiger partial charge on any atom is -0.465 e. The number of aromatic amines is 1. The Morgan fingerprint density at radius 3 is 2.74 bits per heavy atom. The van der Waals surface area contributed by atoms with Gasteiger partial charge in [0.15, 0.2) is 0 Å². The second-order valence-corrected chi connectivity index (χ2v) is 7.46. The van der Waals surface area contributed by atoms with Gasteiger partial charge in [0.05, 0.1) is 12.7 Å². The van der Waals surface area contributed by atoms with E-state index in [1.54, 1.807) is 40.1 Å². The number of halogens is 1. The number of carbonyl (C=O) groups is 3. The van der Waals surface area contributed by atoms with Crippen LogP contribution in [0.3, 0.4) is 0 Å². The molecule has 0 aliphatic carbocycles. The lowest BCUT2D eigenvalue weighted by atomic mass is 10.1. The Balaban J connectivity index is 1.45. The van der Waals surface area contributed by atoms with Crippen molar-refractivity contribution in [2.45, 2.75) is 13.0 Å². The summed E-state index contributed by atoms with van der Waals surface area (Å²) < 4.78 is 18.2. The molecule has 1 fully saturated rings. The lowest BCUT2D eigenvalue weighted by molar-refractivity contribution is -0.130. The van der Waals surface area contributed by atoms with Crippen LogP contribution >= 0.6 is 0 Å². The third kappa shape index (κ3) is 4.42. The van der Waals surface area contributed by atoms with E-state index in [0.29, 0.717) is 48.3 Å². The molecule has 4 rings (SSSR count). The van der Waals surface area contributed by atoms with E-state index in [-0.39, 0.29) is 24.1 Å². The van der Waals surface area contributed by atoms with E-state index in [1.165, 1.54) is 19.2 Å². The molecule has 2 amide bonds. The van der Waals surface area contributed by atoms with Crippen molar-refractivity contribution in [3.05, 3.63) is 71.2 Å². The van der Waals surface area contributed by atoms with Gasteiger partial charge in [-0.15, -0.1) is 0 Å². The Morgan fingerprint density at radius 2 is 1.94 bits per heavy atom. The predicted molar refractivity (Wildman–Crippen MR) is 112 cm³/mol. The van der Waals surface area contributed by atoms with Crippen molar-refractivity contribution in [2.75, 3.05) is 26.7 Å². The summed E-state index contributed by atoms with van der Waals surface area (Å²) in [7, 11) is 1.32. The molecule has 1 aliphatic rings. The Morgan fingerprint density at radius 1 is 1.10 bits per heavy atom. The minimum atomic E-state index is -0.431. The summed E-state index contributed by atoms with van der Waals surface area (Å²) in [6.07, 6.45) is 0.206. The number of ether oxygens (including phenoxy) is 1. The molecule has 2 heterocycles. The molecule has 0 unspecified atom stereocenters. The fourth-order valence-corrected chi connectivity index (χ4v) is 3.76. The number of nitrogens with one attached hydrogen (secondary N) is 1. The van der Waals surface area contributed by atoms with Crippen molar-refractivity contribution in [3.63, 3.8) is 0 Å². The molecule has 7 nitrogen and oxygen atoms in total. The first kappa shape index (κ1) is 20.6. The quantitative estimate of drug-likeness (QED) is 0.654. The van der Waals surface area contributed by atoms with Gasteiger partial charge in [-0.05, 0) is 42.0 Å². The third-order valence-corrected chi connectivity index (χ3v) is 5.41. The van der Waals surface area contributed by atoms with E-state index < -0.39 is 5.97 Å². The number of rotatable bonds is 4. The van der Waals surface area contributed by atoms with E-state index in [9.17, 15) is 18.8 Å². The first-order valence-corrected chi connectivity index (χ1v) is 9.97. The largest absolute Gasteiger partial charge is 0.465 e. The van der Waals surface area contributed by atoms with Gasteiger partial charge in [0.25, 0.3) is 5.91 Å². The van der Waals surface area contributed by atoms with Crippen LogP contribution in [-0.4, -0.2) is 59.3 Å². The molecule has 3 aromatic rings. The van der Waals surface area contributed by atoms with Gasteiger partial charge >= 0.3 is 5.97 Å². The van der Waals surface area contributed by atoms with Crippen LogP contribution < -0.4 is 0 Å². The van der Waals surface area contributed by atoms with E-state index >= 15 is 0 Å². The molecule has 1 saturated heterocycles. The van der Waals surface area contributed by atoms with Crippen LogP contribution in [0.5, 0.6) is 0 Å². The number of hydrogen-bond donors (Lipinski definition) is 1. The zero-order valence-electron chi connectivity index (χ0n) is 17.1. The Hall–Kier alpha value is -3.68. The maximum absolute atomic E-state index is 13.4. The molecule has 8 heteroatoms. The topological polar surface area (TPSA) is 82.7 Å². The molecule has 1 aliphatic heterocycles. The number of benzene rings is 2. The number of hydrogen-bond acceptors (Lipinski definition) is 4. The zero-order valence-corrected chi connectivity index (χ0v) is 17.1. The van der Waals surface area contributed by atoms with Crippen molar-refractivity contribution >= 4 is 28.7 Å². The second-order valence-electron chi connectivity index (χ2n) is 7.46. The van der Waals surface area contributed by atoms with E-state index in [1.807, 2.05) is 6.07 Å². The average Bonchev–Trinajstić information content (AvgIpc) is 3.11. The maximum atomic E-state index is 13.4. The molecule has 0 atom stereocenters. The Labute approximate surface area is 178 Å². The predicted octanol–water partition coefficient (Wildman–Crippen LogP) is 2.97. The summed E-state index contributed by atoms with van der Waals surface area (Å²) >= 11 is 0. The number of fused-ring (bicyclic) bond motifs is 1. The summed E-state index contributed by atoms with van der Waals surface area (Å²) in [6, 6.07) is 12.9. The second kappa shape index (κ2) is 8.59. The zero-order chi connectivity index (χ0) is 22.0. The minimum absolute atomic E-state index is 0.0579. The fraction of sp³-hybridized carbons (Fsp3) is 0.261. The molecule has 0 spiro atoms. The number of methoxy groups -OCH3 is 1. The lowest BCUT2D eigenvalue weighted by Gasteiger charge is -2.22. The summed E-state index contributed by atoms with van der Waals surface area (Å²) in [6.45, 7) is 1.41. The van der Waals surface area contributed by atoms with E-state index in [0.717, 1.165) is 5.56 Å². The van der Waals surface area contributed by atoms with Crippen molar-refractivity contribution in [2.24, 2.45) is 0 Å². The van der Waals surface area contributed by atoms with Gasteiger partial charge in [-0.2, -0.15) is 0 Å². The van der Waals surface area contributed by atoms with Crippen LogP contribution in [0.25, 0.3) is 10.9 Å². The normalized spacial score (nSPS) is 14.6. The van der Waals surface area contributed by atoms with Gasteiger partial charge in [0.2, 0.25) is 5.91 Å². The van der Waals surface area contributed by atoms with Crippen molar-refractivity contribution in [1.82, 2.24) is 14.8 Å². The van der Waals surface area contributed by atoms with Gasteiger partial charge in [-0.25, -0.2) is 9.18 Å². The summed E-state index contributed by atoms with van der Waals surface area (Å²) in [5.74, 6) is -1.08. The molecule has 1 aromatic heterocycles. The summed E-state index contributed by atoms with van der Waals surface area (Å²) in [5.41, 5.74) is 2.29. The summed E-state index contributed by atoms with van der Waals surface area (Å²) in [5, 5.41) is 0.626. The first-order valence-electron chi connectivity index (χ1n) is 9.97. The van der Waals surface area contributed by atoms with Crippen LogP contribution in [-0.2, 0) is 16.1 Å². The van der Waals surface area contributed by atoms with Gasteiger partial charge < -0.3 is 19.5 Å². The van der Waals surface area contributed by atoms with E-state index in [2.05, 4.69) is 4.98 Å². The van der Waals surface area contributed by atoms with Crippen LogP contribution in [0.1, 0.15) is 32.8 Å². The lowest BCUT2D eigenvalue weighted by Crippen LogP contribution is -2.35. The number of esters is 1. The number of H-pyrrole nitrogens is 1. The summed E-state index contributed by atoms with van der Waals surface area (Å²) in [4.78, 5) is 43.7. The van der Waals surface area contributed by atoms with Crippen LogP contribution in [0.2, 0.25) is 0 Å². The number of nitrogens with zero attached hydrogens (tertiary/aromatic N) is 2. The third-order valence-electron chi connectivity index (χ3n) is 5.41. The van der Waals surface area contributed by atoms with Gasteiger partial charge in [0.1, 0.15) is 11.5 Å². The van der Waals surface area contributed by atoms with Gasteiger partial charge in [-0.3, -0.25) is 9.59 Å². The van der Waals surface area contributed by atoms with Gasteiger partial charge in [-0.1, -0.05) is 12.1 Å². The highest BCUT2D eigenvalue weighted by Crippen LogP contribution is 2.19. The highest BCUT2D eigenvalue weighted by molar-refractivity contribution is 5.98. The SMILES string of the molecule is COC(=O)c1cccc(CN2CCN(C(=O)c3cc4cc(F)ccc4[nH]3)CCC2=O)c1. The molecule has 0 radical (unpaired) electrons. The van der Waals surface area contributed by atoms with Crippen molar-refractivity contribution < 1.29 is 23.5 Å². The molecular formula is C23H22FN3O4. The van der Waals surface area contributed by atoms with Crippen LogP contribution in [0, 0.1) is 5.82 Å². The molecule has 2 aromatic carbocycles. The number of carbonyl (C=O) groups excluding carboxylic acids is 3. The standard InChI is InChI=1S/C23H22FN3O4/c1-31-23(30)16-4-2-3-15(11-16)14-27-10-9-26(8-7-21(27)28)22(29)20-13-17-12-18(24)5-6-19(17)25-20/h2-6,11-13,25H,7-10,14H2,1H3. The fourth-order valence-electron chi connectivity index (χ4n) is 3.76. The molecule has 0 saturated carbocycles. The van der Waals surface area contributed by atoms with Crippen molar-refractivity contribution in [3.8, 4) is 0 Å². The van der Waals surface area contributed by atoms with Gasteiger partial charge in [0, 0.05) is 43.5 Å². The first-order chi connectivity index (χ1) is 14.9. The molecule has 31 heavy (non-hydrogen) atoms. The van der Waals surface area contributed by atoms with E-state index in [4.69, 9.17) is 4.74 Å². The Kier molecular flexibility index (Phi) is 5.70. The smallest absolute Gasteiger partial charge is 0.337 e. The van der Waals surface area contributed by atoms with Crippen LogP contribution in [0.15, 0.2) is 48.5 Å². The molecular weight excluding hydrogens is 401 g/mol. The monoisotopic (exact) mass is 423 g/mol. The van der Waals surface area contributed by atoms with Crippen molar-refractivity contribution in [1.29, 1.82) is 0 Å². The highest BCUT2D eigenvalue weighted by Gasteiger charge is 2.25. The number of aromatic nitrogens is 1. The van der Waals surface area contributed by atoms with Crippen LogP contribution in [0.4, 0.5) is 4.39 Å². The molecule has 0 bridgehead atoms. The molecule has 160 valence electrons. The Bertz CT molecular complexity index is 1160. The number of amides is 2. The molecule has 1 N–H and O–H groups in total. The maximum Gasteiger partial charge on any atom is 0.337 e. The average molecular weight is 423 g/mol. The highest BCUT2D eigenvalue weighted by atomic mass is 19.1.